The molecule has 5 rings (SSSR count). The van der Waals surface area contributed by atoms with Gasteiger partial charge in [0, 0.05) is 26.2 Å². The molecule has 1 aromatic carbocycles. The van der Waals surface area contributed by atoms with Gasteiger partial charge in [0.1, 0.15) is 11.6 Å². The van der Waals surface area contributed by atoms with Crippen LogP contribution in [-0.4, -0.2) is 47.0 Å². The fourth-order valence-corrected chi connectivity index (χ4v) is 3.80. The van der Waals surface area contributed by atoms with E-state index in [1.165, 1.54) is 12.5 Å². The van der Waals surface area contributed by atoms with Crippen molar-refractivity contribution >= 4 is 23.0 Å². The Morgan fingerprint density at radius 2 is 1.96 bits per heavy atom. The molecule has 0 unspecified atom stereocenters. The average molecular weight is 380 g/mol. The second kappa shape index (κ2) is 6.89. The summed E-state index contributed by atoms with van der Waals surface area (Å²) in [6.45, 7) is 2.66. The summed E-state index contributed by atoms with van der Waals surface area (Å²) in [6, 6.07) is 9.04. The average Bonchev–Trinajstić information content (AvgIpc) is 3.44. The van der Waals surface area contributed by atoms with Crippen LogP contribution in [0.4, 0.5) is 10.2 Å². The second-order valence-corrected chi connectivity index (χ2v) is 7.52. The number of oxazole rings is 1. The quantitative estimate of drug-likeness (QED) is 0.696. The Bertz CT molecular complexity index is 1020. The second-order valence-electron chi connectivity index (χ2n) is 7.52. The van der Waals surface area contributed by atoms with Crippen molar-refractivity contribution in [3.8, 4) is 0 Å². The first-order valence-electron chi connectivity index (χ1n) is 9.69. The van der Waals surface area contributed by atoms with Gasteiger partial charge in [0.25, 0.3) is 0 Å². The lowest BCUT2D eigenvalue weighted by atomic mass is 10.0. The van der Waals surface area contributed by atoms with Crippen LogP contribution in [0.25, 0.3) is 11.2 Å². The molecule has 28 heavy (non-hydrogen) atoms. The summed E-state index contributed by atoms with van der Waals surface area (Å²) in [5, 5.41) is 0. The van der Waals surface area contributed by atoms with E-state index in [4.69, 9.17) is 4.42 Å². The number of hydrogen-bond donors (Lipinski definition) is 0. The molecule has 6 nitrogen and oxygen atoms in total. The Morgan fingerprint density at radius 3 is 2.71 bits per heavy atom. The molecule has 0 N–H and O–H groups in total. The zero-order valence-electron chi connectivity index (χ0n) is 15.5. The van der Waals surface area contributed by atoms with Crippen LogP contribution < -0.4 is 4.90 Å². The molecule has 0 atom stereocenters. The highest BCUT2D eigenvalue weighted by atomic mass is 19.1. The molecule has 2 aromatic heterocycles. The topological polar surface area (TPSA) is 62.5 Å². The number of carbonyl (C=O) groups is 1. The molecule has 1 amide bonds. The van der Waals surface area contributed by atoms with Crippen molar-refractivity contribution in [3.63, 3.8) is 0 Å². The molecule has 0 bridgehead atoms. The van der Waals surface area contributed by atoms with Gasteiger partial charge in [0.15, 0.2) is 17.6 Å². The first-order valence-corrected chi connectivity index (χ1v) is 9.69. The number of nitrogens with zero attached hydrogens (tertiary/aromatic N) is 4. The molecule has 2 aliphatic rings. The first-order chi connectivity index (χ1) is 13.7. The summed E-state index contributed by atoms with van der Waals surface area (Å²) >= 11 is 0. The van der Waals surface area contributed by atoms with Crippen LogP contribution in [0.2, 0.25) is 0 Å². The zero-order chi connectivity index (χ0) is 19.1. The van der Waals surface area contributed by atoms with Gasteiger partial charge in [0.05, 0.1) is 6.42 Å². The van der Waals surface area contributed by atoms with Crippen LogP contribution in [0.1, 0.15) is 29.9 Å². The number of rotatable bonds is 4. The monoisotopic (exact) mass is 380 g/mol. The summed E-state index contributed by atoms with van der Waals surface area (Å²) in [5.41, 5.74) is 2.79. The number of amides is 1. The molecule has 1 saturated carbocycles. The minimum atomic E-state index is -0.174. The van der Waals surface area contributed by atoms with Crippen molar-refractivity contribution in [2.24, 2.45) is 0 Å². The van der Waals surface area contributed by atoms with Crippen molar-refractivity contribution < 1.29 is 13.6 Å². The number of fused-ring (bicyclic) bond motifs is 1. The van der Waals surface area contributed by atoms with Gasteiger partial charge in [-0.2, -0.15) is 4.98 Å². The maximum atomic E-state index is 14.2. The van der Waals surface area contributed by atoms with Gasteiger partial charge < -0.3 is 14.2 Å². The fourth-order valence-electron chi connectivity index (χ4n) is 3.80. The van der Waals surface area contributed by atoms with Gasteiger partial charge in [-0.05, 0) is 48.1 Å². The predicted molar refractivity (Wildman–Crippen MR) is 103 cm³/mol. The minimum absolute atomic E-state index is 0.0399. The summed E-state index contributed by atoms with van der Waals surface area (Å²) < 4.78 is 19.4. The number of hydrogen-bond acceptors (Lipinski definition) is 5. The number of carbonyl (C=O) groups excluding carboxylic acids is 1. The molecule has 1 aliphatic carbocycles. The third kappa shape index (κ3) is 3.32. The Labute approximate surface area is 162 Å². The van der Waals surface area contributed by atoms with Crippen molar-refractivity contribution in [1.29, 1.82) is 0 Å². The number of pyridine rings is 1. The zero-order valence-corrected chi connectivity index (χ0v) is 15.5. The largest absolute Gasteiger partial charge is 0.442 e. The fraction of sp³-hybridized carbons (Fsp3) is 0.381. The summed E-state index contributed by atoms with van der Waals surface area (Å²) in [7, 11) is 0. The highest BCUT2D eigenvalue weighted by Crippen LogP contribution is 2.41. The maximum absolute atomic E-state index is 14.2. The van der Waals surface area contributed by atoms with Crippen LogP contribution in [0.3, 0.4) is 0 Å². The lowest BCUT2D eigenvalue weighted by Crippen LogP contribution is -2.49. The van der Waals surface area contributed by atoms with Gasteiger partial charge in [-0.25, -0.2) is 9.37 Å². The van der Waals surface area contributed by atoms with Gasteiger partial charge >= 0.3 is 0 Å². The van der Waals surface area contributed by atoms with E-state index in [1.807, 2.05) is 29.2 Å². The summed E-state index contributed by atoms with van der Waals surface area (Å²) in [6.07, 6.45) is 3.76. The third-order valence-electron chi connectivity index (χ3n) is 5.57. The lowest BCUT2D eigenvalue weighted by Gasteiger charge is -2.35. The van der Waals surface area contributed by atoms with E-state index >= 15 is 0 Å². The number of piperazine rings is 1. The Hall–Kier alpha value is -2.96. The Kier molecular flexibility index (Phi) is 4.22. The van der Waals surface area contributed by atoms with Crippen LogP contribution in [0.5, 0.6) is 0 Å². The van der Waals surface area contributed by atoms with E-state index < -0.39 is 0 Å². The molecular weight excluding hydrogens is 359 g/mol. The van der Waals surface area contributed by atoms with E-state index in [0.29, 0.717) is 43.3 Å². The molecule has 1 saturated heterocycles. The Balaban J connectivity index is 1.20. The standard InChI is InChI=1S/C21H21FN4O2/c22-17-11-14(1-4-16(17)15-2-3-15)12-20(27)26-9-7-25(8-10-26)19-6-5-18-21(24-19)23-13-28-18/h1,4-6,11,13,15H,2-3,7-10,12H2. The smallest absolute Gasteiger partial charge is 0.227 e. The number of halogens is 1. The lowest BCUT2D eigenvalue weighted by molar-refractivity contribution is -0.130. The highest BCUT2D eigenvalue weighted by molar-refractivity contribution is 5.79. The van der Waals surface area contributed by atoms with E-state index in [0.717, 1.165) is 29.8 Å². The maximum Gasteiger partial charge on any atom is 0.227 e. The highest BCUT2D eigenvalue weighted by Gasteiger charge is 2.27. The first kappa shape index (κ1) is 17.2. The van der Waals surface area contributed by atoms with Crippen LogP contribution in [0.15, 0.2) is 41.1 Å². The van der Waals surface area contributed by atoms with Crippen molar-refractivity contribution in [3.05, 3.63) is 53.7 Å². The minimum Gasteiger partial charge on any atom is -0.442 e. The predicted octanol–water partition coefficient (Wildman–Crippen LogP) is 3.13. The summed E-state index contributed by atoms with van der Waals surface area (Å²) in [5.74, 6) is 1.08. The SMILES string of the molecule is O=C(Cc1ccc(C2CC2)c(F)c1)N1CCN(c2ccc3ocnc3n2)CC1. The molecule has 7 heteroatoms. The van der Waals surface area contributed by atoms with Crippen molar-refractivity contribution in [2.75, 3.05) is 31.1 Å². The van der Waals surface area contributed by atoms with Crippen molar-refractivity contribution in [1.82, 2.24) is 14.9 Å². The van der Waals surface area contributed by atoms with E-state index in [9.17, 15) is 9.18 Å². The molecule has 3 aromatic rings. The van der Waals surface area contributed by atoms with Gasteiger partial charge in [-0.3, -0.25) is 4.79 Å². The van der Waals surface area contributed by atoms with Gasteiger partial charge in [0.2, 0.25) is 5.91 Å². The molecule has 3 heterocycles. The Morgan fingerprint density at radius 1 is 1.14 bits per heavy atom. The molecule has 144 valence electrons. The molecule has 2 fully saturated rings. The molecule has 0 spiro atoms. The number of aromatic nitrogens is 2. The number of benzene rings is 1. The van der Waals surface area contributed by atoms with E-state index in [-0.39, 0.29) is 18.1 Å². The van der Waals surface area contributed by atoms with Crippen molar-refractivity contribution in [2.45, 2.75) is 25.2 Å². The van der Waals surface area contributed by atoms with Gasteiger partial charge in [-0.15, -0.1) is 0 Å². The summed E-state index contributed by atoms with van der Waals surface area (Å²) in [4.78, 5) is 25.2. The molecular formula is C21H21FN4O2. The van der Waals surface area contributed by atoms with Crippen LogP contribution >= 0.6 is 0 Å². The van der Waals surface area contributed by atoms with Crippen LogP contribution in [0, 0.1) is 5.82 Å². The molecule has 1 aliphatic heterocycles. The normalized spacial score (nSPS) is 17.3. The van der Waals surface area contributed by atoms with E-state index in [2.05, 4.69) is 14.9 Å². The molecule has 0 radical (unpaired) electrons. The van der Waals surface area contributed by atoms with Gasteiger partial charge in [-0.1, -0.05) is 12.1 Å². The third-order valence-corrected chi connectivity index (χ3v) is 5.57. The van der Waals surface area contributed by atoms with Crippen LogP contribution in [-0.2, 0) is 11.2 Å². The van der Waals surface area contributed by atoms with E-state index in [1.54, 1.807) is 0 Å². The number of anilines is 1.